The van der Waals surface area contributed by atoms with Crippen molar-refractivity contribution in [2.24, 2.45) is 0 Å². The van der Waals surface area contributed by atoms with E-state index in [1.54, 1.807) is 18.2 Å². The van der Waals surface area contributed by atoms with Crippen LogP contribution in [0.1, 0.15) is 10.4 Å². The summed E-state index contributed by atoms with van der Waals surface area (Å²) >= 11 is 15.1. The summed E-state index contributed by atoms with van der Waals surface area (Å²) in [7, 11) is 0. The van der Waals surface area contributed by atoms with E-state index < -0.39 is 10.8 Å². The van der Waals surface area contributed by atoms with Gasteiger partial charge in [0, 0.05) is 10.5 Å². The summed E-state index contributed by atoms with van der Waals surface area (Å²) < 4.78 is 0.683. The van der Waals surface area contributed by atoms with E-state index in [1.807, 2.05) is 0 Å². The Morgan fingerprint density at radius 3 is 2.62 bits per heavy atom. The van der Waals surface area contributed by atoms with Gasteiger partial charge in [-0.1, -0.05) is 45.2 Å². The highest BCUT2D eigenvalue weighted by Gasteiger charge is 2.18. The van der Waals surface area contributed by atoms with Gasteiger partial charge < -0.3 is 5.32 Å². The van der Waals surface area contributed by atoms with E-state index >= 15 is 0 Å². The van der Waals surface area contributed by atoms with E-state index in [0.717, 1.165) is 0 Å². The summed E-state index contributed by atoms with van der Waals surface area (Å²) in [6.45, 7) is 0. The Bertz CT molecular complexity index is 737. The van der Waals surface area contributed by atoms with Crippen LogP contribution in [0.5, 0.6) is 0 Å². The van der Waals surface area contributed by atoms with Gasteiger partial charge in [0.05, 0.1) is 21.2 Å². The van der Waals surface area contributed by atoms with Crippen molar-refractivity contribution >= 4 is 56.4 Å². The standard InChI is InChI=1S/C13H7BrCl2N2O3/c14-7-4-5-9(15)8(6-7)13(19)17-10-2-1-3-11(12(10)16)18(20)21/h1-6H,(H,17,19). The second-order valence-corrected chi connectivity index (χ2v) is 5.67. The van der Waals surface area contributed by atoms with E-state index in [-0.39, 0.29) is 27.0 Å². The first-order chi connectivity index (χ1) is 9.90. The van der Waals surface area contributed by atoms with Crippen LogP contribution in [-0.4, -0.2) is 10.8 Å². The Morgan fingerprint density at radius 2 is 1.95 bits per heavy atom. The fraction of sp³-hybridized carbons (Fsp3) is 0. The molecule has 2 rings (SSSR count). The third-order valence-electron chi connectivity index (χ3n) is 2.60. The maximum Gasteiger partial charge on any atom is 0.290 e. The largest absolute Gasteiger partial charge is 0.320 e. The number of nitro groups is 1. The Labute approximate surface area is 138 Å². The van der Waals surface area contributed by atoms with Crippen LogP contribution in [0, 0.1) is 10.1 Å². The van der Waals surface area contributed by atoms with E-state index in [2.05, 4.69) is 21.2 Å². The first kappa shape index (κ1) is 15.8. The molecule has 1 N–H and O–H groups in total. The lowest BCUT2D eigenvalue weighted by molar-refractivity contribution is -0.384. The Morgan fingerprint density at radius 1 is 1.24 bits per heavy atom. The van der Waals surface area contributed by atoms with Crippen LogP contribution in [0.4, 0.5) is 11.4 Å². The smallest absolute Gasteiger partial charge is 0.290 e. The minimum atomic E-state index is -0.621. The number of nitro benzene ring substituents is 1. The van der Waals surface area contributed by atoms with Crippen molar-refractivity contribution in [1.29, 1.82) is 0 Å². The van der Waals surface area contributed by atoms with Gasteiger partial charge in [-0.15, -0.1) is 0 Å². The van der Waals surface area contributed by atoms with Crippen molar-refractivity contribution in [2.75, 3.05) is 5.32 Å². The minimum Gasteiger partial charge on any atom is -0.320 e. The normalized spacial score (nSPS) is 10.2. The zero-order chi connectivity index (χ0) is 15.6. The Kier molecular flexibility index (Phi) is 4.82. The number of hydrogen-bond acceptors (Lipinski definition) is 3. The molecule has 0 aliphatic carbocycles. The average Bonchev–Trinajstić information content (AvgIpc) is 2.43. The van der Waals surface area contributed by atoms with Crippen molar-refractivity contribution < 1.29 is 9.72 Å². The Hall–Kier alpha value is -1.63. The minimum absolute atomic E-state index is 0.137. The highest BCUT2D eigenvalue weighted by atomic mass is 79.9. The topological polar surface area (TPSA) is 72.2 Å². The SMILES string of the molecule is O=C(Nc1cccc([N+](=O)[O-])c1Cl)c1cc(Br)ccc1Cl. The highest BCUT2D eigenvalue weighted by Crippen LogP contribution is 2.32. The second kappa shape index (κ2) is 6.43. The average molecular weight is 390 g/mol. The summed E-state index contributed by atoms with van der Waals surface area (Å²) in [4.78, 5) is 22.4. The van der Waals surface area contributed by atoms with Crippen LogP contribution in [0.25, 0.3) is 0 Å². The number of carbonyl (C=O) groups is 1. The van der Waals surface area contributed by atoms with Crippen LogP contribution in [0.3, 0.4) is 0 Å². The zero-order valence-electron chi connectivity index (χ0n) is 10.3. The van der Waals surface area contributed by atoms with Gasteiger partial charge in [0.25, 0.3) is 11.6 Å². The molecule has 108 valence electrons. The molecule has 0 spiro atoms. The lowest BCUT2D eigenvalue weighted by Crippen LogP contribution is -2.13. The molecule has 0 radical (unpaired) electrons. The fourth-order valence-corrected chi connectivity index (χ4v) is 2.43. The molecule has 0 fully saturated rings. The first-order valence-electron chi connectivity index (χ1n) is 5.59. The van der Waals surface area contributed by atoms with Crippen LogP contribution >= 0.6 is 39.1 Å². The lowest BCUT2D eigenvalue weighted by Gasteiger charge is -2.09. The summed E-state index contributed by atoms with van der Waals surface area (Å²) in [5.41, 5.74) is 0.0929. The molecule has 0 aliphatic rings. The zero-order valence-corrected chi connectivity index (χ0v) is 13.4. The lowest BCUT2D eigenvalue weighted by atomic mass is 10.2. The van der Waals surface area contributed by atoms with Crippen LogP contribution < -0.4 is 5.32 Å². The molecule has 2 aromatic carbocycles. The molecule has 2 aromatic rings. The van der Waals surface area contributed by atoms with Crippen LogP contribution in [0.15, 0.2) is 40.9 Å². The molecule has 0 aliphatic heterocycles. The number of rotatable bonds is 3. The molecular formula is C13H7BrCl2N2O3. The molecule has 8 heteroatoms. The van der Waals surface area contributed by atoms with E-state index in [0.29, 0.717) is 4.47 Å². The number of carbonyl (C=O) groups excluding carboxylic acids is 1. The molecule has 0 heterocycles. The van der Waals surface area contributed by atoms with Crippen LogP contribution in [0.2, 0.25) is 10.0 Å². The molecule has 21 heavy (non-hydrogen) atoms. The fourth-order valence-electron chi connectivity index (χ4n) is 1.62. The van der Waals surface area contributed by atoms with Crippen molar-refractivity contribution in [2.45, 2.75) is 0 Å². The quantitative estimate of drug-likeness (QED) is 0.598. The number of nitrogens with zero attached hydrogens (tertiary/aromatic N) is 1. The van der Waals surface area contributed by atoms with Crippen molar-refractivity contribution in [3.8, 4) is 0 Å². The van der Waals surface area contributed by atoms with Gasteiger partial charge in [0.15, 0.2) is 0 Å². The van der Waals surface area contributed by atoms with E-state index in [4.69, 9.17) is 23.2 Å². The Balaban J connectivity index is 2.34. The molecule has 0 saturated heterocycles. The third kappa shape index (κ3) is 3.53. The van der Waals surface area contributed by atoms with Crippen molar-refractivity contribution in [3.05, 3.63) is 66.6 Å². The number of nitrogens with one attached hydrogen (secondary N) is 1. The number of amides is 1. The molecule has 0 saturated carbocycles. The molecule has 1 amide bonds. The van der Waals surface area contributed by atoms with Crippen molar-refractivity contribution in [3.63, 3.8) is 0 Å². The van der Waals surface area contributed by atoms with Gasteiger partial charge in [0.2, 0.25) is 0 Å². The molecule has 5 nitrogen and oxygen atoms in total. The molecule has 0 atom stereocenters. The molecule has 0 unspecified atom stereocenters. The molecule has 0 aromatic heterocycles. The monoisotopic (exact) mass is 388 g/mol. The molecule has 0 bridgehead atoms. The van der Waals surface area contributed by atoms with Gasteiger partial charge >= 0.3 is 0 Å². The summed E-state index contributed by atoms with van der Waals surface area (Å²) in [6, 6.07) is 8.96. The predicted octanol–water partition coefficient (Wildman–Crippen LogP) is 4.92. The van der Waals surface area contributed by atoms with Crippen LogP contribution in [-0.2, 0) is 0 Å². The van der Waals surface area contributed by atoms with Gasteiger partial charge in [-0.3, -0.25) is 14.9 Å². The van der Waals surface area contributed by atoms with Gasteiger partial charge in [-0.2, -0.15) is 0 Å². The number of halogens is 3. The first-order valence-corrected chi connectivity index (χ1v) is 7.14. The molecular weight excluding hydrogens is 383 g/mol. The maximum absolute atomic E-state index is 12.2. The summed E-state index contributed by atoms with van der Waals surface area (Å²) in [5.74, 6) is -0.510. The summed E-state index contributed by atoms with van der Waals surface area (Å²) in [6.07, 6.45) is 0. The van der Waals surface area contributed by atoms with E-state index in [9.17, 15) is 14.9 Å². The highest BCUT2D eigenvalue weighted by molar-refractivity contribution is 9.10. The maximum atomic E-state index is 12.2. The number of hydrogen-bond donors (Lipinski definition) is 1. The van der Waals surface area contributed by atoms with Gasteiger partial charge in [-0.25, -0.2) is 0 Å². The van der Waals surface area contributed by atoms with E-state index in [1.165, 1.54) is 18.2 Å². The van der Waals surface area contributed by atoms with Gasteiger partial charge in [-0.05, 0) is 24.3 Å². The number of benzene rings is 2. The summed E-state index contributed by atoms with van der Waals surface area (Å²) in [5, 5.41) is 13.4. The van der Waals surface area contributed by atoms with Crippen molar-refractivity contribution in [1.82, 2.24) is 0 Å². The number of anilines is 1. The predicted molar refractivity (Wildman–Crippen MR) is 85.2 cm³/mol. The van der Waals surface area contributed by atoms with Gasteiger partial charge in [0.1, 0.15) is 5.02 Å². The second-order valence-electron chi connectivity index (χ2n) is 3.97. The third-order valence-corrected chi connectivity index (χ3v) is 3.82.